The van der Waals surface area contributed by atoms with Gasteiger partial charge in [0.2, 0.25) is 0 Å². The number of aliphatic hydroxyl groups excluding tert-OH is 1. The summed E-state index contributed by atoms with van der Waals surface area (Å²) in [4.78, 5) is 22.8. The average Bonchev–Trinajstić information content (AvgIpc) is 3.05. The fourth-order valence-corrected chi connectivity index (χ4v) is 3.95. The predicted molar refractivity (Wildman–Crippen MR) is 116 cm³/mol. The Balaban J connectivity index is 1.90. The smallest absolute Gasteiger partial charge is 0.356 e. The van der Waals surface area contributed by atoms with E-state index in [0.29, 0.717) is 26.5 Å². The average molecular weight is 471 g/mol. The third kappa shape index (κ3) is 6.18. The first-order valence-electron chi connectivity index (χ1n) is 8.82. The van der Waals surface area contributed by atoms with Gasteiger partial charge in [0.05, 0.1) is 17.6 Å². The first-order valence-corrected chi connectivity index (χ1v) is 11.6. The Labute approximate surface area is 182 Å². The molecule has 1 atom stereocenters. The number of nitrogens with one attached hydrogen (secondary N) is 1. The first-order chi connectivity index (χ1) is 14.1. The molecule has 4 N–H and O–H groups in total. The lowest BCUT2D eigenvalue weighted by atomic mass is 10.1. The predicted octanol–water partition coefficient (Wildman–Crippen LogP) is 4.28. The third-order valence-corrected chi connectivity index (χ3v) is 5.71. The van der Waals surface area contributed by atoms with Gasteiger partial charge in [0.15, 0.2) is 11.4 Å². The van der Waals surface area contributed by atoms with Gasteiger partial charge in [-0.2, -0.15) is 0 Å². The maximum atomic E-state index is 11.5. The van der Waals surface area contributed by atoms with Crippen molar-refractivity contribution >= 4 is 41.0 Å². The van der Waals surface area contributed by atoms with Crippen molar-refractivity contribution in [1.82, 2.24) is 4.98 Å². The van der Waals surface area contributed by atoms with E-state index in [2.05, 4.69) is 10.3 Å². The zero-order valence-electron chi connectivity index (χ0n) is 16.0. The number of aliphatic hydroxyl groups is 1. The van der Waals surface area contributed by atoms with Crippen LogP contribution in [0.15, 0.2) is 48.7 Å². The Kier molecular flexibility index (Phi) is 7.02. The number of benzene rings is 2. The van der Waals surface area contributed by atoms with Crippen molar-refractivity contribution in [2.45, 2.75) is 26.2 Å². The summed E-state index contributed by atoms with van der Waals surface area (Å²) in [6.45, 7) is 3.73. The van der Waals surface area contributed by atoms with Gasteiger partial charge >= 0.3 is 7.60 Å². The molecule has 8 nitrogen and oxygen atoms in total. The van der Waals surface area contributed by atoms with Crippen LogP contribution >= 0.6 is 30.5 Å². The monoisotopic (exact) mass is 470 g/mol. The van der Waals surface area contributed by atoms with Crippen LogP contribution in [0.5, 0.6) is 17.2 Å². The largest absolute Gasteiger partial charge is 0.491 e. The fourth-order valence-electron chi connectivity index (χ4n) is 2.54. The normalized spacial score (nSPS) is 12.6. The van der Waals surface area contributed by atoms with Crippen LogP contribution in [0.25, 0.3) is 0 Å². The van der Waals surface area contributed by atoms with Crippen LogP contribution in [-0.2, 0) is 4.57 Å². The maximum absolute atomic E-state index is 11.5. The van der Waals surface area contributed by atoms with E-state index in [0.717, 1.165) is 0 Å². The van der Waals surface area contributed by atoms with E-state index in [-0.39, 0.29) is 17.2 Å². The highest BCUT2D eigenvalue weighted by Crippen LogP contribution is 2.36. The number of nitrogens with zero attached hydrogens (tertiary/aromatic N) is 1. The molecule has 0 amide bonds. The van der Waals surface area contributed by atoms with Crippen molar-refractivity contribution in [2.24, 2.45) is 0 Å². The minimum Gasteiger partial charge on any atom is -0.491 e. The van der Waals surface area contributed by atoms with Gasteiger partial charge in [-0.05, 0) is 44.2 Å². The van der Waals surface area contributed by atoms with Gasteiger partial charge in [0, 0.05) is 11.6 Å². The molecule has 2 aromatic carbocycles. The molecule has 30 heavy (non-hydrogen) atoms. The number of ether oxygens (including phenoxy) is 2. The molecule has 3 rings (SSSR count). The zero-order chi connectivity index (χ0) is 21.9. The standard InChI is InChI=1S/C19H20ClN2O6PS/c1-11(2)27-14-6-12(18(23)22-19-21-10-17(20)30-19)7-15(8-14)28-13-4-3-5-16(9-13)29(24,25)26/h3-11,18,23H,1-2H3,(H,21,22)(H2,24,25,26). The number of rotatable bonds is 8. The number of hydrogen-bond acceptors (Lipinski definition) is 7. The Morgan fingerprint density at radius 2 is 1.87 bits per heavy atom. The van der Waals surface area contributed by atoms with E-state index >= 15 is 0 Å². The lowest BCUT2D eigenvalue weighted by molar-refractivity contribution is 0.205. The summed E-state index contributed by atoms with van der Waals surface area (Å²) in [5.74, 6) is 1.02. The van der Waals surface area contributed by atoms with Gasteiger partial charge < -0.3 is 29.7 Å². The van der Waals surface area contributed by atoms with Crippen LogP contribution < -0.4 is 20.1 Å². The highest BCUT2D eigenvalue weighted by Gasteiger charge is 2.18. The van der Waals surface area contributed by atoms with Gasteiger partial charge in [0.1, 0.15) is 21.6 Å². The molecule has 3 aromatic rings. The molecule has 0 radical (unpaired) electrons. The van der Waals surface area contributed by atoms with Gasteiger partial charge in [-0.1, -0.05) is 29.0 Å². The van der Waals surface area contributed by atoms with Gasteiger partial charge in [-0.3, -0.25) is 4.57 Å². The molecule has 160 valence electrons. The molecule has 0 saturated carbocycles. The fraction of sp³-hybridized carbons (Fsp3) is 0.211. The Bertz CT molecular complexity index is 1070. The molecule has 0 saturated heterocycles. The second-order valence-corrected chi connectivity index (χ2v) is 9.83. The van der Waals surface area contributed by atoms with E-state index in [9.17, 15) is 19.5 Å². The molecule has 0 aliphatic heterocycles. The van der Waals surface area contributed by atoms with Crippen molar-refractivity contribution in [2.75, 3.05) is 5.32 Å². The number of halogens is 1. The van der Waals surface area contributed by atoms with Gasteiger partial charge in [-0.25, -0.2) is 4.98 Å². The van der Waals surface area contributed by atoms with Crippen LogP contribution in [0.4, 0.5) is 5.13 Å². The molecule has 11 heteroatoms. The van der Waals surface area contributed by atoms with Crippen molar-refractivity contribution in [1.29, 1.82) is 0 Å². The minimum atomic E-state index is -4.41. The Hall–Kier alpha value is -2.13. The summed E-state index contributed by atoms with van der Waals surface area (Å²) in [5.41, 5.74) is 0.445. The molecule has 0 fully saturated rings. The lowest BCUT2D eigenvalue weighted by Crippen LogP contribution is -2.11. The van der Waals surface area contributed by atoms with E-state index in [1.807, 2.05) is 13.8 Å². The number of anilines is 1. The summed E-state index contributed by atoms with van der Waals surface area (Å²) in [5, 5.41) is 13.7. The maximum Gasteiger partial charge on any atom is 0.356 e. The van der Waals surface area contributed by atoms with Crippen LogP contribution in [0.3, 0.4) is 0 Å². The molecule has 0 bridgehead atoms. The van der Waals surface area contributed by atoms with Crippen LogP contribution in [-0.4, -0.2) is 26.0 Å². The van der Waals surface area contributed by atoms with E-state index in [1.54, 1.807) is 24.3 Å². The van der Waals surface area contributed by atoms with E-state index in [1.165, 1.54) is 35.7 Å². The zero-order valence-corrected chi connectivity index (χ0v) is 18.5. The highest BCUT2D eigenvalue weighted by molar-refractivity contribution is 7.60. The van der Waals surface area contributed by atoms with Crippen LogP contribution in [0.1, 0.15) is 25.6 Å². The number of thiazole rings is 1. The highest BCUT2D eigenvalue weighted by atomic mass is 35.5. The summed E-state index contributed by atoms with van der Waals surface area (Å²) in [7, 11) is -4.41. The molecule has 1 aromatic heterocycles. The quantitative estimate of drug-likeness (QED) is 0.284. The summed E-state index contributed by atoms with van der Waals surface area (Å²) in [6.07, 6.45) is 0.239. The third-order valence-electron chi connectivity index (χ3n) is 3.72. The first kappa shape index (κ1) is 22.6. The number of aromatic nitrogens is 1. The molecule has 0 aliphatic carbocycles. The lowest BCUT2D eigenvalue weighted by Gasteiger charge is -2.17. The SMILES string of the molecule is CC(C)Oc1cc(Oc2cccc(P(=O)(O)O)c2)cc(C(O)Nc2ncc(Cl)s2)c1. The van der Waals surface area contributed by atoms with E-state index in [4.69, 9.17) is 21.1 Å². The summed E-state index contributed by atoms with van der Waals surface area (Å²) >= 11 is 7.05. The van der Waals surface area contributed by atoms with Crippen LogP contribution in [0.2, 0.25) is 4.34 Å². The molecule has 1 heterocycles. The molecule has 1 unspecified atom stereocenters. The van der Waals surface area contributed by atoms with Gasteiger partial charge in [0.25, 0.3) is 0 Å². The summed E-state index contributed by atoms with van der Waals surface area (Å²) in [6, 6.07) is 10.5. The minimum absolute atomic E-state index is 0.117. The number of hydrogen-bond donors (Lipinski definition) is 4. The molecule has 0 aliphatic rings. The van der Waals surface area contributed by atoms with Crippen molar-refractivity contribution in [3.8, 4) is 17.2 Å². The van der Waals surface area contributed by atoms with E-state index < -0.39 is 13.8 Å². The van der Waals surface area contributed by atoms with Crippen molar-refractivity contribution in [3.05, 3.63) is 58.6 Å². The molecule has 0 spiro atoms. The van der Waals surface area contributed by atoms with Crippen molar-refractivity contribution in [3.63, 3.8) is 0 Å². The Morgan fingerprint density at radius 1 is 1.13 bits per heavy atom. The molecular formula is C19H20ClN2O6PS. The summed E-state index contributed by atoms with van der Waals surface area (Å²) < 4.78 is 23.5. The van der Waals surface area contributed by atoms with Crippen molar-refractivity contribution < 1.29 is 28.9 Å². The Morgan fingerprint density at radius 3 is 2.50 bits per heavy atom. The topological polar surface area (TPSA) is 121 Å². The second-order valence-electron chi connectivity index (χ2n) is 6.56. The second kappa shape index (κ2) is 9.34. The van der Waals surface area contributed by atoms with Gasteiger partial charge in [-0.15, -0.1) is 0 Å². The molecular weight excluding hydrogens is 451 g/mol. The van der Waals surface area contributed by atoms with Crippen LogP contribution in [0, 0.1) is 0 Å².